The molecule has 138 valence electrons. The molecular formula is C22H28N2O2. The molecule has 3 rings (SSSR count). The van der Waals surface area contributed by atoms with Crippen molar-refractivity contribution in [2.75, 3.05) is 38.2 Å². The molecule has 1 fully saturated rings. The molecule has 4 nitrogen and oxygen atoms in total. The first kappa shape index (κ1) is 18.3. The van der Waals surface area contributed by atoms with Crippen LogP contribution in [-0.2, 0) is 11.2 Å². The van der Waals surface area contributed by atoms with Gasteiger partial charge in [0.1, 0.15) is 5.75 Å². The van der Waals surface area contributed by atoms with Crippen LogP contribution in [0.5, 0.6) is 5.75 Å². The summed E-state index contributed by atoms with van der Waals surface area (Å²) in [5.74, 6) is 1.13. The van der Waals surface area contributed by atoms with Crippen LogP contribution in [0.3, 0.4) is 0 Å². The average Bonchev–Trinajstić information content (AvgIpc) is 2.67. The quantitative estimate of drug-likeness (QED) is 0.824. The van der Waals surface area contributed by atoms with Crippen LogP contribution in [0.15, 0.2) is 42.5 Å². The summed E-state index contributed by atoms with van der Waals surface area (Å²) < 4.78 is 5.30. The van der Waals surface area contributed by atoms with Crippen molar-refractivity contribution in [1.29, 1.82) is 0 Å². The predicted molar refractivity (Wildman–Crippen MR) is 106 cm³/mol. The molecule has 4 heteroatoms. The third kappa shape index (κ3) is 4.37. The first-order chi connectivity index (χ1) is 12.6. The van der Waals surface area contributed by atoms with Gasteiger partial charge in [-0.2, -0.15) is 0 Å². The van der Waals surface area contributed by atoms with Gasteiger partial charge in [-0.3, -0.25) is 4.79 Å². The van der Waals surface area contributed by atoms with Crippen LogP contribution in [0.2, 0.25) is 0 Å². The van der Waals surface area contributed by atoms with E-state index in [1.165, 1.54) is 16.7 Å². The van der Waals surface area contributed by atoms with E-state index in [0.717, 1.165) is 44.0 Å². The number of anilines is 1. The van der Waals surface area contributed by atoms with Gasteiger partial charge in [-0.1, -0.05) is 29.8 Å². The fourth-order valence-corrected chi connectivity index (χ4v) is 3.55. The lowest BCUT2D eigenvalue weighted by Gasteiger charge is -2.36. The lowest BCUT2D eigenvalue weighted by molar-refractivity contribution is -0.131. The van der Waals surface area contributed by atoms with Gasteiger partial charge in [0.05, 0.1) is 7.11 Å². The second-order valence-corrected chi connectivity index (χ2v) is 7.00. The van der Waals surface area contributed by atoms with Crippen LogP contribution in [0, 0.1) is 13.8 Å². The van der Waals surface area contributed by atoms with E-state index in [2.05, 4.69) is 49.1 Å². The summed E-state index contributed by atoms with van der Waals surface area (Å²) in [6, 6.07) is 14.6. The number of hydrogen-bond acceptors (Lipinski definition) is 3. The number of piperazine rings is 1. The highest BCUT2D eigenvalue weighted by Gasteiger charge is 2.21. The summed E-state index contributed by atoms with van der Waals surface area (Å²) in [6.45, 7) is 7.51. The number of nitrogens with zero attached hydrogens (tertiary/aromatic N) is 2. The van der Waals surface area contributed by atoms with Crippen molar-refractivity contribution >= 4 is 11.6 Å². The van der Waals surface area contributed by atoms with Crippen LogP contribution in [-0.4, -0.2) is 44.1 Å². The topological polar surface area (TPSA) is 32.8 Å². The van der Waals surface area contributed by atoms with Crippen molar-refractivity contribution in [2.24, 2.45) is 0 Å². The zero-order chi connectivity index (χ0) is 18.5. The average molecular weight is 352 g/mol. The zero-order valence-electron chi connectivity index (χ0n) is 16.0. The standard InChI is InChI=1S/C22H28N2O2/c1-17-7-8-19(18(2)15-17)9-10-22(25)24-13-11-23(12-14-24)20-5-4-6-21(16-20)26-3/h4-8,15-16H,9-14H2,1-3H3. The third-order valence-electron chi connectivity index (χ3n) is 5.16. The Morgan fingerprint density at radius 3 is 2.50 bits per heavy atom. The van der Waals surface area contributed by atoms with Crippen molar-refractivity contribution in [2.45, 2.75) is 26.7 Å². The van der Waals surface area contributed by atoms with Gasteiger partial charge in [-0.05, 0) is 43.5 Å². The van der Waals surface area contributed by atoms with Gasteiger partial charge >= 0.3 is 0 Å². The number of carbonyl (C=O) groups excluding carboxylic acids is 1. The molecule has 0 spiro atoms. The number of carbonyl (C=O) groups is 1. The SMILES string of the molecule is COc1cccc(N2CCN(C(=O)CCc3ccc(C)cc3C)CC2)c1. The zero-order valence-corrected chi connectivity index (χ0v) is 16.0. The minimum Gasteiger partial charge on any atom is -0.497 e. The van der Waals surface area contributed by atoms with Crippen LogP contribution < -0.4 is 9.64 Å². The van der Waals surface area contributed by atoms with Crippen molar-refractivity contribution in [3.63, 3.8) is 0 Å². The second-order valence-electron chi connectivity index (χ2n) is 7.00. The van der Waals surface area contributed by atoms with Crippen molar-refractivity contribution in [3.05, 3.63) is 59.2 Å². The summed E-state index contributed by atoms with van der Waals surface area (Å²) in [4.78, 5) is 16.9. The first-order valence-electron chi connectivity index (χ1n) is 9.30. The van der Waals surface area contributed by atoms with Crippen LogP contribution >= 0.6 is 0 Å². The number of benzene rings is 2. The second kappa shape index (κ2) is 8.26. The Morgan fingerprint density at radius 2 is 1.81 bits per heavy atom. The number of methoxy groups -OCH3 is 1. The van der Waals surface area contributed by atoms with Crippen LogP contribution in [0.1, 0.15) is 23.1 Å². The number of aryl methyl sites for hydroxylation is 3. The summed E-state index contributed by atoms with van der Waals surface area (Å²) in [7, 11) is 1.69. The predicted octanol–water partition coefficient (Wildman–Crippen LogP) is 3.59. The Balaban J connectivity index is 1.51. The molecule has 1 amide bonds. The smallest absolute Gasteiger partial charge is 0.223 e. The van der Waals surface area contributed by atoms with Crippen molar-refractivity contribution < 1.29 is 9.53 Å². The van der Waals surface area contributed by atoms with E-state index in [4.69, 9.17) is 4.74 Å². The summed E-state index contributed by atoms with van der Waals surface area (Å²) in [6.07, 6.45) is 1.41. The largest absolute Gasteiger partial charge is 0.497 e. The number of rotatable bonds is 5. The highest BCUT2D eigenvalue weighted by Crippen LogP contribution is 2.22. The van der Waals surface area contributed by atoms with Gasteiger partial charge in [-0.25, -0.2) is 0 Å². The molecule has 26 heavy (non-hydrogen) atoms. The maximum Gasteiger partial charge on any atom is 0.223 e. The van der Waals surface area contributed by atoms with Gasteiger partial charge in [0.2, 0.25) is 5.91 Å². The molecule has 0 atom stereocenters. The van der Waals surface area contributed by atoms with E-state index in [9.17, 15) is 4.79 Å². The maximum absolute atomic E-state index is 12.6. The normalized spacial score (nSPS) is 14.4. The van der Waals surface area contributed by atoms with Gasteiger partial charge in [-0.15, -0.1) is 0 Å². The van der Waals surface area contributed by atoms with E-state index >= 15 is 0 Å². The number of hydrogen-bond donors (Lipinski definition) is 0. The molecule has 1 heterocycles. The van der Waals surface area contributed by atoms with Crippen molar-refractivity contribution in [1.82, 2.24) is 4.90 Å². The maximum atomic E-state index is 12.6. The Morgan fingerprint density at radius 1 is 1.04 bits per heavy atom. The Hall–Kier alpha value is -2.49. The summed E-state index contributed by atoms with van der Waals surface area (Å²) in [5.41, 5.74) is 4.98. The first-order valence-corrected chi connectivity index (χ1v) is 9.30. The van der Waals surface area contributed by atoms with E-state index in [1.54, 1.807) is 7.11 Å². The molecule has 2 aromatic carbocycles. The molecule has 0 aliphatic carbocycles. The fourth-order valence-electron chi connectivity index (χ4n) is 3.55. The Kier molecular flexibility index (Phi) is 5.82. The van der Waals surface area contributed by atoms with Crippen LogP contribution in [0.4, 0.5) is 5.69 Å². The monoisotopic (exact) mass is 352 g/mol. The van der Waals surface area contributed by atoms with Gasteiger partial charge in [0, 0.05) is 44.4 Å². The summed E-state index contributed by atoms with van der Waals surface area (Å²) in [5, 5.41) is 0. The minimum absolute atomic E-state index is 0.260. The van der Waals surface area contributed by atoms with E-state index in [1.807, 2.05) is 17.0 Å². The van der Waals surface area contributed by atoms with E-state index in [0.29, 0.717) is 6.42 Å². The third-order valence-corrected chi connectivity index (χ3v) is 5.16. The molecule has 0 radical (unpaired) electrons. The molecule has 0 saturated carbocycles. The lowest BCUT2D eigenvalue weighted by Crippen LogP contribution is -2.48. The number of ether oxygens (including phenoxy) is 1. The lowest BCUT2D eigenvalue weighted by atomic mass is 10.0. The van der Waals surface area contributed by atoms with Crippen LogP contribution in [0.25, 0.3) is 0 Å². The van der Waals surface area contributed by atoms with Crippen molar-refractivity contribution in [3.8, 4) is 5.75 Å². The highest BCUT2D eigenvalue weighted by atomic mass is 16.5. The molecule has 1 aliphatic heterocycles. The minimum atomic E-state index is 0.260. The Labute approximate surface area is 156 Å². The molecule has 0 unspecified atom stereocenters. The van der Waals surface area contributed by atoms with E-state index < -0.39 is 0 Å². The molecule has 1 saturated heterocycles. The highest BCUT2D eigenvalue weighted by molar-refractivity contribution is 5.77. The molecule has 0 aromatic heterocycles. The Bertz CT molecular complexity index is 764. The van der Waals surface area contributed by atoms with Gasteiger partial charge in [0.15, 0.2) is 0 Å². The van der Waals surface area contributed by atoms with E-state index in [-0.39, 0.29) is 5.91 Å². The number of amides is 1. The molecule has 1 aliphatic rings. The van der Waals surface area contributed by atoms with Gasteiger partial charge in [0.25, 0.3) is 0 Å². The molecular weight excluding hydrogens is 324 g/mol. The molecule has 2 aromatic rings. The van der Waals surface area contributed by atoms with Gasteiger partial charge < -0.3 is 14.5 Å². The molecule has 0 bridgehead atoms. The molecule has 0 N–H and O–H groups in total. The summed E-state index contributed by atoms with van der Waals surface area (Å²) >= 11 is 0. The fraction of sp³-hybridized carbons (Fsp3) is 0.409.